The van der Waals surface area contributed by atoms with Crippen LogP contribution in [-0.4, -0.2) is 27.5 Å². The van der Waals surface area contributed by atoms with Crippen molar-refractivity contribution in [1.82, 2.24) is 9.78 Å². The number of carboxylic acid groups (broad SMARTS) is 1. The van der Waals surface area contributed by atoms with Gasteiger partial charge in [0.1, 0.15) is 5.75 Å². The van der Waals surface area contributed by atoms with E-state index in [0.717, 1.165) is 33.8 Å². The van der Waals surface area contributed by atoms with Crippen LogP contribution < -0.4 is 4.74 Å². The van der Waals surface area contributed by atoms with Crippen LogP contribution in [0.1, 0.15) is 28.5 Å². The molecule has 0 fully saturated rings. The van der Waals surface area contributed by atoms with E-state index in [1.54, 1.807) is 10.7 Å². The number of aryl methyl sites for hydroxylation is 2. The predicted octanol–water partition coefficient (Wildman–Crippen LogP) is 4.25. The van der Waals surface area contributed by atoms with Gasteiger partial charge in [-0.1, -0.05) is 17.7 Å². The van der Waals surface area contributed by atoms with Crippen LogP contribution in [0, 0.1) is 13.8 Å². The largest absolute Gasteiger partial charge is 0.494 e. The molecule has 5 heteroatoms. The van der Waals surface area contributed by atoms with Gasteiger partial charge in [-0.25, -0.2) is 9.48 Å². The molecular formula is C20H20N2O3. The lowest BCUT2D eigenvalue weighted by molar-refractivity contribution is 0.0690. The molecule has 1 aromatic heterocycles. The Labute approximate surface area is 146 Å². The normalized spacial score (nSPS) is 10.7. The first-order valence-corrected chi connectivity index (χ1v) is 8.14. The van der Waals surface area contributed by atoms with Crippen molar-refractivity contribution in [2.45, 2.75) is 20.8 Å². The highest BCUT2D eigenvalue weighted by Gasteiger charge is 2.17. The van der Waals surface area contributed by atoms with Crippen LogP contribution in [0.4, 0.5) is 0 Å². The molecule has 0 aliphatic carbocycles. The molecule has 0 radical (unpaired) electrons. The molecule has 1 heterocycles. The van der Waals surface area contributed by atoms with Crippen LogP contribution >= 0.6 is 0 Å². The molecule has 0 bridgehead atoms. The number of carbonyl (C=O) groups is 1. The van der Waals surface area contributed by atoms with Crippen molar-refractivity contribution < 1.29 is 14.6 Å². The van der Waals surface area contributed by atoms with E-state index in [1.807, 2.05) is 63.2 Å². The zero-order chi connectivity index (χ0) is 18.0. The second-order valence-corrected chi connectivity index (χ2v) is 5.88. The van der Waals surface area contributed by atoms with Gasteiger partial charge in [-0.05, 0) is 62.7 Å². The average molecular weight is 336 g/mol. The van der Waals surface area contributed by atoms with Gasteiger partial charge in [0.05, 0.1) is 18.0 Å². The monoisotopic (exact) mass is 336 g/mol. The molecule has 25 heavy (non-hydrogen) atoms. The maximum Gasteiger partial charge on any atom is 0.356 e. The highest BCUT2D eigenvalue weighted by atomic mass is 16.5. The van der Waals surface area contributed by atoms with E-state index in [4.69, 9.17) is 4.74 Å². The van der Waals surface area contributed by atoms with Gasteiger partial charge in [-0.2, -0.15) is 5.10 Å². The maximum atomic E-state index is 11.4. The van der Waals surface area contributed by atoms with Crippen molar-refractivity contribution in [2.75, 3.05) is 6.61 Å². The standard InChI is InChI=1S/C20H20N2O3/c1-4-25-16-9-7-15(8-10-16)22-19(12-18(21-22)20(23)24)17-11-13(2)5-6-14(17)3/h5-12H,4H2,1-3H3,(H,23,24). The third-order valence-corrected chi connectivity index (χ3v) is 3.99. The Morgan fingerprint density at radius 2 is 1.84 bits per heavy atom. The molecule has 5 nitrogen and oxygen atoms in total. The molecule has 0 spiro atoms. The summed E-state index contributed by atoms with van der Waals surface area (Å²) in [5.74, 6) is -0.276. The van der Waals surface area contributed by atoms with E-state index in [-0.39, 0.29) is 5.69 Å². The van der Waals surface area contributed by atoms with Crippen molar-refractivity contribution in [2.24, 2.45) is 0 Å². The first kappa shape index (κ1) is 16.8. The molecule has 0 saturated heterocycles. The molecule has 0 aliphatic heterocycles. The van der Waals surface area contributed by atoms with E-state index < -0.39 is 5.97 Å². The molecule has 2 aromatic carbocycles. The Morgan fingerprint density at radius 1 is 1.12 bits per heavy atom. The van der Waals surface area contributed by atoms with Crippen molar-refractivity contribution >= 4 is 5.97 Å². The maximum absolute atomic E-state index is 11.4. The molecule has 0 amide bonds. The summed E-state index contributed by atoms with van der Waals surface area (Å²) in [7, 11) is 0. The van der Waals surface area contributed by atoms with E-state index in [9.17, 15) is 9.90 Å². The van der Waals surface area contributed by atoms with Crippen molar-refractivity contribution in [3.63, 3.8) is 0 Å². The fraction of sp³-hybridized carbons (Fsp3) is 0.200. The van der Waals surface area contributed by atoms with Gasteiger partial charge in [0, 0.05) is 5.56 Å². The third kappa shape index (κ3) is 3.40. The number of nitrogens with zero attached hydrogens (tertiary/aromatic N) is 2. The lowest BCUT2D eigenvalue weighted by atomic mass is 10.0. The van der Waals surface area contributed by atoms with Crippen LogP contribution in [-0.2, 0) is 0 Å². The molecule has 0 unspecified atom stereocenters. The molecule has 128 valence electrons. The van der Waals surface area contributed by atoms with Crippen LogP contribution in [0.5, 0.6) is 5.75 Å². The van der Waals surface area contributed by atoms with Crippen molar-refractivity contribution in [3.05, 3.63) is 65.4 Å². The van der Waals surface area contributed by atoms with Gasteiger partial charge in [-0.15, -0.1) is 0 Å². The van der Waals surface area contributed by atoms with Crippen LogP contribution in [0.15, 0.2) is 48.5 Å². The summed E-state index contributed by atoms with van der Waals surface area (Å²) < 4.78 is 7.13. The summed E-state index contributed by atoms with van der Waals surface area (Å²) in [6.07, 6.45) is 0. The Bertz CT molecular complexity index is 911. The Balaban J connectivity index is 2.15. The van der Waals surface area contributed by atoms with Crippen molar-refractivity contribution in [3.8, 4) is 22.7 Å². The zero-order valence-corrected chi connectivity index (χ0v) is 14.5. The molecular weight excluding hydrogens is 316 g/mol. The van der Waals surface area contributed by atoms with Crippen molar-refractivity contribution in [1.29, 1.82) is 0 Å². The van der Waals surface area contributed by atoms with E-state index >= 15 is 0 Å². The second-order valence-electron chi connectivity index (χ2n) is 5.88. The van der Waals surface area contributed by atoms with Crippen LogP contribution in [0.25, 0.3) is 16.9 Å². The first-order valence-electron chi connectivity index (χ1n) is 8.14. The van der Waals surface area contributed by atoms with Gasteiger partial charge < -0.3 is 9.84 Å². The Hall–Kier alpha value is -3.08. The first-order chi connectivity index (χ1) is 12.0. The van der Waals surface area contributed by atoms with E-state index in [1.165, 1.54) is 0 Å². The number of carboxylic acids is 1. The molecule has 0 atom stereocenters. The summed E-state index contributed by atoms with van der Waals surface area (Å²) >= 11 is 0. The molecule has 0 saturated carbocycles. The smallest absolute Gasteiger partial charge is 0.356 e. The fourth-order valence-electron chi connectivity index (χ4n) is 2.74. The average Bonchev–Trinajstić information content (AvgIpc) is 3.03. The number of rotatable bonds is 5. The van der Waals surface area contributed by atoms with Gasteiger partial charge in [-0.3, -0.25) is 0 Å². The van der Waals surface area contributed by atoms with Gasteiger partial charge >= 0.3 is 5.97 Å². The fourth-order valence-corrected chi connectivity index (χ4v) is 2.74. The summed E-state index contributed by atoms with van der Waals surface area (Å²) in [4.78, 5) is 11.4. The lowest BCUT2D eigenvalue weighted by Gasteiger charge is -2.11. The number of ether oxygens (including phenoxy) is 1. The molecule has 0 aliphatic rings. The minimum Gasteiger partial charge on any atom is -0.494 e. The highest BCUT2D eigenvalue weighted by Crippen LogP contribution is 2.28. The number of hydrogen-bond donors (Lipinski definition) is 1. The second kappa shape index (κ2) is 6.81. The Kier molecular flexibility index (Phi) is 4.57. The quantitative estimate of drug-likeness (QED) is 0.756. The predicted molar refractivity (Wildman–Crippen MR) is 96.6 cm³/mol. The molecule has 1 N–H and O–H groups in total. The third-order valence-electron chi connectivity index (χ3n) is 3.99. The minimum atomic E-state index is -1.05. The van der Waals surface area contributed by atoms with Gasteiger partial charge in [0.15, 0.2) is 5.69 Å². The highest BCUT2D eigenvalue weighted by molar-refractivity contribution is 5.87. The van der Waals surface area contributed by atoms with Gasteiger partial charge in [0.25, 0.3) is 0 Å². The lowest BCUT2D eigenvalue weighted by Crippen LogP contribution is -2.03. The number of hydrogen-bond acceptors (Lipinski definition) is 3. The summed E-state index contributed by atoms with van der Waals surface area (Å²) in [6, 6.07) is 15.2. The molecule has 3 aromatic rings. The summed E-state index contributed by atoms with van der Waals surface area (Å²) in [5.41, 5.74) is 4.69. The van der Waals surface area contributed by atoms with Gasteiger partial charge in [0.2, 0.25) is 0 Å². The summed E-state index contributed by atoms with van der Waals surface area (Å²) in [5, 5.41) is 13.6. The number of benzene rings is 2. The summed E-state index contributed by atoms with van der Waals surface area (Å²) in [6.45, 7) is 6.54. The topological polar surface area (TPSA) is 64.4 Å². The molecule has 3 rings (SSSR count). The SMILES string of the molecule is CCOc1ccc(-n2nc(C(=O)O)cc2-c2cc(C)ccc2C)cc1. The van der Waals surface area contributed by atoms with E-state index in [0.29, 0.717) is 6.61 Å². The zero-order valence-electron chi connectivity index (χ0n) is 14.5. The Morgan fingerprint density at radius 3 is 2.48 bits per heavy atom. The van der Waals surface area contributed by atoms with Crippen LogP contribution in [0.2, 0.25) is 0 Å². The number of aromatic carboxylic acids is 1. The van der Waals surface area contributed by atoms with E-state index in [2.05, 4.69) is 5.10 Å². The minimum absolute atomic E-state index is 0.0183. The van der Waals surface area contributed by atoms with Crippen LogP contribution in [0.3, 0.4) is 0 Å². The number of aromatic nitrogens is 2.